The molecule has 62 valence electrons. The van der Waals surface area contributed by atoms with Gasteiger partial charge in [-0.15, -0.1) is 0 Å². The number of hydrogen-bond acceptors (Lipinski definition) is 4. The second-order valence-corrected chi connectivity index (χ2v) is 2.36. The third-order valence-corrected chi connectivity index (χ3v) is 1.50. The lowest BCUT2D eigenvalue weighted by Crippen LogP contribution is -2.12. The summed E-state index contributed by atoms with van der Waals surface area (Å²) in [5, 5.41) is 8.56. The van der Waals surface area contributed by atoms with Gasteiger partial charge in [-0.25, -0.2) is 0 Å². The first-order chi connectivity index (χ1) is 5.25. The first kappa shape index (κ1) is 8.10. The predicted octanol–water partition coefficient (Wildman–Crippen LogP) is 0.244. The average molecular weight is 156 g/mol. The number of anilines is 1. The molecule has 0 saturated carbocycles. The number of hydrogen-bond donors (Lipinski definition) is 3. The molecule has 0 bridgehead atoms. The Labute approximate surface area is 64.8 Å². The highest BCUT2D eigenvalue weighted by Gasteiger charge is 2.11. The molecule has 0 aliphatic heterocycles. The molecule has 0 aromatic carbocycles. The molecule has 0 saturated heterocycles. The number of rotatable bonds is 3. The maximum absolute atomic E-state index is 8.56. The summed E-state index contributed by atoms with van der Waals surface area (Å²) in [5.41, 5.74) is 11.7. The predicted molar refractivity (Wildman–Crippen MR) is 41.8 cm³/mol. The highest BCUT2D eigenvalue weighted by atomic mass is 16.3. The van der Waals surface area contributed by atoms with E-state index in [0.29, 0.717) is 17.9 Å². The van der Waals surface area contributed by atoms with Gasteiger partial charge in [-0.1, -0.05) is 0 Å². The van der Waals surface area contributed by atoms with Crippen LogP contribution in [0.5, 0.6) is 0 Å². The fourth-order valence-electron chi connectivity index (χ4n) is 0.902. The van der Waals surface area contributed by atoms with E-state index in [-0.39, 0.29) is 12.6 Å². The topological polar surface area (TPSA) is 85.4 Å². The molecule has 5 N–H and O–H groups in total. The van der Waals surface area contributed by atoms with Gasteiger partial charge in [0.15, 0.2) is 0 Å². The van der Waals surface area contributed by atoms with Crippen molar-refractivity contribution in [1.29, 1.82) is 0 Å². The normalized spacial score (nSPS) is 13.3. The van der Waals surface area contributed by atoms with Crippen molar-refractivity contribution in [3.05, 3.63) is 18.1 Å². The second-order valence-electron chi connectivity index (χ2n) is 2.36. The quantitative estimate of drug-likeness (QED) is 0.585. The Morgan fingerprint density at radius 3 is 2.82 bits per heavy atom. The summed E-state index contributed by atoms with van der Waals surface area (Å²) in [5.74, 6) is 0.555. The van der Waals surface area contributed by atoms with Crippen molar-refractivity contribution in [2.24, 2.45) is 5.73 Å². The van der Waals surface area contributed by atoms with Gasteiger partial charge in [0.05, 0.1) is 18.0 Å². The maximum atomic E-state index is 8.56. The van der Waals surface area contributed by atoms with Gasteiger partial charge in [-0.3, -0.25) is 0 Å². The molecule has 0 aliphatic carbocycles. The van der Waals surface area contributed by atoms with Crippen LogP contribution in [0.25, 0.3) is 0 Å². The summed E-state index contributed by atoms with van der Waals surface area (Å²) in [6.07, 6.45) is 1.96. The van der Waals surface area contributed by atoms with Crippen molar-refractivity contribution in [2.75, 3.05) is 12.3 Å². The molecule has 0 fully saturated rings. The van der Waals surface area contributed by atoms with E-state index in [2.05, 4.69) is 0 Å². The van der Waals surface area contributed by atoms with Crippen molar-refractivity contribution in [3.63, 3.8) is 0 Å². The largest absolute Gasteiger partial charge is 0.465 e. The Hall–Kier alpha value is -1.00. The minimum absolute atomic E-state index is 0.0430. The van der Waals surface area contributed by atoms with Crippen LogP contribution in [0, 0.1) is 0 Å². The zero-order valence-electron chi connectivity index (χ0n) is 6.16. The van der Waals surface area contributed by atoms with Gasteiger partial charge in [-0.2, -0.15) is 0 Å². The van der Waals surface area contributed by atoms with Gasteiger partial charge in [0.1, 0.15) is 5.76 Å². The second kappa shape index (κ2) is 3.41. The summed E-state index contributed by atoms with van der Waals surface area (Å²) in [6.45, 7) is 0.0430. The maximum Gasteiger partial charge on any atom is 0.143 e. The van der Waals surface area contributed by atoms with Crippen molar-refractivity contribution >= 4 is 5.69 Å². The summed E-state index contributed by atoms with van der Waals surface area (Å²) >= 11 is 0. The Bertz CT molecular complexity index is 222. The Kier molecular flexibility index (Phi) is 2.51. The molecular formula is C7H12N2O2. The van der Waals surface area contributed by atoms with E-state index in [1.54, 1.807) is 6.07 Å². The molecule has 1 aromatic rings. The molecule has 1 rings (SSSR count). The average Bonchev–Trinajstić information content (AvgIpc) is 2.36. The Morgan fingerprint density at radius 2 is 2.36 bits per heavy atom. The Balaban J connectivity index is 2.67. The van der Waals surface area contributed by atoms with Gasteiger partial charge in [-0.05, 0) is 12.5 Å². The zero-order chi connectivity index (χ0) is 8.27. The van der Waals surface area contributed by atoms with Crippen LogP contribution in [0.1, 0.15) is 18.2 Å². The summed E-state index contributed by atoms with van der Waals surface area (Å²) in [7, 11) is 0. The molecule has 0 amide bonds. The lowest BCUT2D eigenvalue weighted by Gasteiger charge is -2.06. The molecule has 1 aromatic heterocycles. The van der Waals surface area contributed by atoms with Crippen molar-refractivity contribution in [2.45, 2.75) is 12.5 Å². The highest BCUT2D eigenvalue weighted by molar-refractivity contribution is 5.42. The minimum atomic E-state index is -0.296. The molecule has 0 radical (unpaired) electrons. The molecule has 0 spiro atoms. The van der Waals surface area contributed by atoms with Gasteiger partial charge < -0.3 is 21.0 Å². The van der Waals surface area contributed by atoms with Crippen LogP contribution in [0.3, 0.4) is 0 Å². The van der Waals surface area contributed by atoms with Crippen molar-refractivity contribution in [1.82, 2.24) is 0 Å². The van der Waals surface area contributed by atoms with Gasteiger partial charge in [0.2, 0.25) is 0 Å². The van der Waals surface area contributed by atoms with Crippen LogP contribution >= 0.6 is 0 Å². The van der Waals surface area contributed by atoms with Crippen LogP contribution in [0.15, 0.2) is 16.7 Å². The first-order valence-corrected chi connectivity index (χ1v) is 3.45. The standard InChI is InChI=1S/C7H12N2O2/c8-5(1-3-10)7-6(9)2-4-11-7/h2,4-5,10H,1,3,8-9H2. The lowest BCUT2D eigenvalue weighted by molar-refractivity contribution is 0.269. The molecule has 1 unspecified atom stereocenters. The van der Waals surface area contributed by atoms with Crippen LogP contribution in [0.2, 0.25) is 0 Å². The zero-order valence-corrected chi connectivity index (χ0v) is 6.16. The van der Waals surface area contributed by atoms with E-state index in [4.69, 9.17) is 21.0 Å². The van der Waals surface area contributed by atoms with Crippen LogP contribution in [0.4, 0.5) is 5.69 Å². The van der Waals surface area contributed by atoms with Gasteiger partial charge in [0.25, 0.3) is 0 Å². The molecule has 1 heterocycles. The monoisotopic (exact) mass is 156 g/mol. The summed E-state index contributed by atoms with van der Waals surface area (Å²) in [4.78, 5) is 0. The first-order valence-electron chi connectivity index (χ1n) is 3.45. The molecular weight excluding hydrogens is 144 g/mol. The van der Waals surface area contributed by atoms with Crippen LogP contribution < -0.4 is 11.5 Å². The summed E-state index contributed by atoms with van der Waals surface area (Å²) < 4.78 is 5.02. The van der Waals surface area contributed by atoms with E-state index in [0.717, 1.165) is 0 Å². The molecule has 4 nitrogen and oxygen atoms in total. The van der Waals surface area contributed by atoms with E-state index in [9.17, 15) is 0 Å². The van der Waals surface area contributed by atoms with Gasteiger partial charge >= 0.3 is 0 Å². The number of nitrogen functional groups attached to an aromatic ring is 1. The highest BCUT2D eigenvalue weighted by Crippen LogP contribution is 2.21. The van der Waals surface area contributed by atoms with Crippen LogP contribution in [-0.4, -0.2) is 11.7 Å². The third-order valence-electron chi connectivity index (χ3n) is 1.50. The number of aliphatic hydroxyl groups excluding tert-OH is 1. The van der Waals surface area contributed by atoms with E-state index < -0.39 is 0 Å². The lowest BCUT2D eigenvalue weighted by atomic mass is 10.1. The van der Waals surface area contributed by atoms with Crippen LogP contribution in [-0.2, 0) is 0 Å². The van der Waals surface area contributed by atoms with E-state index in [1.807, 2.05) is 0 Å². The minimum Gasteiger partial charge on any atom is -0.465 e. The van der Waals surface area contributed by atoms with E-state index in [1.165, 1.54) is 6.26 Å². The van der Waals surface area contributed by atoms with Crippen molar-refractivity contribution < 1.29 is 9.52 Å². The van der Waals surface area contributed by atoms with Gasteiger partial charge in [0, 0.05) is 6.61 Å². The molecule has 1 atom stereocenters. The fourth-order valence-corrected chi connectivity index (χ4v) is 0.902. The number of aliphatic hydroxyl groups is 1. The smallest absolute Gasteiger partial charge is 0.143 e. The molecule has 11 heavy (non-hydrogen) atoms. The molecule has 0 aliphatic rings. The summed E-state index contributed by atoms with van der Waals surface area (Å²) in [6, 6.07) is 1.35. The Morgan fingerprint density at radius 1 is 1.64 bits per heavy atom. The molecule has 4 heteroatoms. The number of nitrogens with two attached hydrogens (primary N) is 2. The SMILES string of the molecule is Nc1ccoc1C(N)CCO. The number of furan rings is 1. The third kappa shape index (κ3) is 1.72. The fraction of sp³-hybridized carbons (Fsp3) is 0.429. The van der Waals surface area contributed by atoms with Crippen molar-refractivity contribution in [3.8, 4) is 0 Å². The van der Waals surface area contributed by atoms with E-state index >= 15 is 0 Å².